The number of hydrogen-bond acceptors (Lipinski definition) is 4. The Balaban J connectivity index is 1.87. The van der Waals surface area contributed by atoms with Gasteiger partial charge in [0.1, 0.15) is 5.75 Å². The van der Waals surface area contributed by atoms with Crippen molar-refractivity contribution in [2.45, 2.75) is 4.90 Å². The van der Waals surface area contributed by atoms with Crippen LogP contribution in [0.5, 0.6) is 5.75 Å². The average molecular weight is 329 g/mol. The largest absolute Gasteiger partial charge is 0.497 e. The van der Waals surface area contributed by atoms with Gasteiger partial charge < -0.3 is 4.74 Å². The van der Waals surface area contributed by atoms with Crippen molar-refractivity contribution in [2.24, 2.45) is 0 Å². The van der Waals surface area contributed by atoms with Crippen molar-refractivity contribution in [3.05, 3.63) is 60.8 Å². The van der Waals surface area contributed by atoms with Gasteiger partial charge in [-0.25, -0.2) is 8.42 Å². The van der Waals surface area contributed by atoms with Crippen molar-refractivity contribution in [2.75, 3.05) is 11.8 Å². The van der Waals surface area contributed by atoms with Gasteiger partial charge in [0.2, 0.25) is 0 Å². The molecule has 3 aromatic rings. The number of sulfonamides is 1. The van der Waals surface area contributed by atoms with Crippen LogP contribution >= 0.6 is 0 Å². The van der Waals surface area contributed by atoms with E-state index in [-0.39, 0.29) is 4.90 Å². The number of rotatable bonds is 5. The zero-order chi connectivity index (χ0) is 16.3. The monoisotopic (exact) mass is 329 g/mol. The normalized spacial score (nSPS) is 11.2. The van der Waals surface area contributed by atoms with E-state index in [4.69, 9.17) is 4.74 Å². The first-order valence-electron chi connectivity index (χ1n) is 6.85. The second-order valence-corrected chi connectivity index (χ2v) is 6.51. The van der Waals surface area contributed by atoms with Gasteiger partial charge in [0.05, 0.1) is 17.7 Å². The zero-order valence-electron chi connectivity index (χ0n) is 12.4. The first-order chi connectivity index (χ1) is 11.1. The number of aromatic amines is 1. The quantitative estimate of drug-likeness (QED) is 0.754. The molecule has 0 bridgehead atoms. The van der Waals surface area contributed by atoms with Gasteiger partial charge in [-0.2, -0.15) is 5.10 Å². The van der Waals surface area contributed by atoms with Crippen LogP contribution in [0.15, 0.2) is 65.7 Å². The molecular formula is C16H15N3O3S. The Kier molecular flexibility index (Phi) is 4.03. The predicted molar refractivity (Wildman–Crippen MR) is 87.8 cm³/mol. The zero-order valence-corrected chi connectivity index (χ0v) is 13.2. The summed E-state index contributed by atoms with van der Waals surface area (Å²) in [5.74, 6) is 0.602. The highest BCUT2D eigenvalue weighted by Crippen LogP contribution is 2.23. The van der Waals surface area contributed by atoms with Gasteiger partial charge in [0.25, 0.3) is 10.0 Å². The molecule has 0 saturated carbocycles. The Labute approximate surface area is 134 Å². The molecule has 0 fully saturated rings. The highest BCUT2D eigenvalue weighted by atomic mass is 32.2. The second kappa shape index (κ2) is 6.13. The first kappa shape index (κ1) is 15.1. The van der Waals surface area contributed by atoms with Crippen LogP contribution in [0.25, 0.3) is 11.3 Å². The Bertz CT molecular complexity index is 889. The number of benzene rings is 2. The lowest BCUT2D eigenvalue weighted by Gasteiger charge is -2.09. The number of aromatic nitrogens is 2. The number of methoxy groups -OCH3 is 1. The third-order valence-corrected chi connectivity index (χ3v) is 4.69. The SMILES string of the molecule is COc1ccc(S(=O)(=O)Nc2cccc(-c3ccn[nH]3)c2)cc1. The highest BCUT2D eigenvalue weighted by molar-refractivity contribution is 7.92. The van der Waals surface area contributed by atoms with Gasteiger partial charge >= 0.3 is 0 Å². The van der Waals surface area contributed by atoms with Crippen LogP contribution in [-0.2, 0) is 10.0 Å². The van der Waals surface area contributed by atoms with E-state index in [2.05, 4.69) is 14.9 Å². The van der Waals surface area contributed by atoms with Gasteiger partial charge in [0, 0.05) is 17.4 Å². The summed E-state index contributed by atoms with van der Waals surface area (Å²) in [6.07, 6.45) is 1.64. The van der Waals surface area contributed by atoms with Crippen molar-refractivity contribution in [1.82, 2.24) is 10.2 Å². The summed E-state index contributed by atoms with van der Waals surface area (Å²) in [4.78, 5) is 0.172. The molecule has 0 aliphatic heterocycles. The lowest BCUT2D eigenvalue weighted by Crippen LogP contribution is -2.12. The topological polar surface area (TPSA) is 84.1 Å². The summed E-state index contributed by atoms with van der Waals surface area (Å²) in [5.41, 5.74) is 2.14. The van der Waals surface area contributed by atoms with Gasteiger partial charge in [-0.3, -0.25) is 9.82 Å². The number of hydrogen-bond donors (Lipinski definition) is 2. The van der Waals surface area contributed by atoms with Gasteiger partial charge in [-0.15, -0.1) is 0 Å². The van der Waals surface area contributed by atoms with E-state index in [9.17, 15) is 8.42 Å². The minimum atomic E-state index is -3.66. The highest BCUT2D eigenvalue weighted by Gasteiger charge is 2.14. The third kappa shape index (κ3) is 3.35. The fourth-order valence-electron chi connectivity index (χ4n) is 2.14. The molecule has 1 heterocycles. The fourth-order valence-corrected chi connectivity index (χ4v) is 3.19. The fraction of sp³-hybridized carbons (Fsp3) is 0.0625. The van der Waals surface area contributed by atoms with Crippen LogP contribution in [0.4, 0.5) is 5.69 Å². The van der Waals surface area contributed by atoms with Gasteiger partial charge in [0.15, 0.2) is 0 Å². The number of ether oxygens (including phenoxy) is 1. The molecule has 2 N–H and O–H groups in total. The van der Waals surface area contributed by atoms with E-state index in [0.29, 0.717) is 11.4 Å². The summed E-state index contributed by atoms with van der Waals surface area (Å²) < 4.78 is 32.5. The number of nitrogens with zero attached hydrogens (tertiary/aromatic N) is 1. The van der Waals surface area contributed by atoms with Crippen LogP contribution in [0, 0.1) is 0 Å². The Hall–Kier alpha value is -2.80. The summed E-state index contributed by atoms with van der Waals surface area (Å²) in [5, 5.41) is 6.74. The van der Waals surface area contributed by atoms with Crippen LogP contribution in [0.2, 0.25) is 0 Å². The third-order valence-electron chi connectivity index (χ3n) is 3.30. The summed E-state index contributed by atoms with van der Waals surface area (Å²) in [6.45, 7) is 0. The maximum absolute atomic E-state index is 12.4. The van der Waals surface area contributed by atoms with E-state index >= 15 is 0 Å². The summed E-state index contributed by atoms with van der Waals surface area (Å²) in [6, 6.07) is 15.1. The number of anilines is 1. The smallest absolute Gasteiger partial charge is 0.261 e. The minimum absolute atomic E-state index is 0.172. The molecule has 23 heavy (non-hydrogen) atoms. The maximum Gasteiger partial charge on any atom is 0.261 e. The van der Waals surface area contributed by atoms with E-state index < -0.39 is 10.0 Å². The molecule has 0 unspecified atom stereocenters. The molecule has 0 aliphatic rings. The van der Waals surface area contributed by atoms with Crippen molar-refractivity contribution >= 4 is 15.7 Å². The Morgan fingerprint density at radius 1 is 1.09 bits per heavy atom. The minimum Gasteiger partial charge on any atom is -0.497 e. The van der Waals surface area contributed by atoms with Crippen molar-refractivity contribution in [1.29, 1.82) is 0 Å². The number of nitrogens with one attached hydrogen (secondary N) is 2. The lowest BCUT2D eigenvalue weighted by molar-refractivity contribution is 0.414. The molecule has 2 aromatic carbocycles. The van der Waals surface area contributed by atoms with Crippen LogP contribution in [0.3, 0.4) is 0 Å². The molecule has 7 heteroatoms. The summed E-state index contributed by atoms with van der Waals surface area (Å²) >= 11 is 0. The van der Waals surface area contributed by atoms with Crippen LogP contribution < -0.4 is 9.46 Å². The lowest BCUT2D eigenvalue weighted by atomic mass is 10.1. The van der Waals surface area contributed by atoms with Crippen molar-refractivity contribution in [3.63, 3.8) is 0 Å². The molecule has 6 nitrogen and oxygen atoms in total. The Morgan fingerprint density at radius 3 is 2.52 bits per heavy atom. The summed E-state index contributed by atoms with van der Waals surface area (Å²) in [7, 11) is -2.12. The standard InChI is InChI=1S/C16H15N3O3S/c1-22-14-5-7-15(8-6-14)23(20,21)19-13-4-2-3-12(11-13)16-9-10-17-18-16/h2-11,19H,1H3,(H,17,18). The number of H-pyrrole nitrogens is 1. The van der Waals surface area contributed by atoms with Crippen LogP contribution in [-0.4, -0.2) is 25.7 Å². The van der Waals surface area contributed by atoms with Gasteiger partial charge in [-0.05, 0) is 42.5 Å². The first-order valence-corrected chi connectivity index (χ1v) is 8.33. The predicted octanol–water partition coefficient (Wildman–Crippen LogP) is 2.89. The molecule has 0 atom stereocenters. The second-order valence-electron chi connectivity index (χ2n) is 4.83. The maximum atomic E-state index is 12.4. The van der Waals surface area contributed by atoms with Gasteiger partial charge in [-0.1, -0.05) is 12.1 Å². The van der Waals surface area contributed by atoms with E-state index in [1.165, 1.54) is 19.2 Å². The molecule has 118 valence electrons. The molecule has 1 aromatic heterocycles. The van der Waals surface area contributed by atoms with E-state index in [1.807, 2.05) is 12.1 Å². The molecular weight excluding hydrogens is 314 g/mol. The molecule has 0 amide bonds. The van der Waals surface area contributed by atoms with Crippen molar-refractivity contribution < 1.29 is 13.2 Å². The molecule has 0 radical (unpaired) electrons. The van der Waals surface area contributed by atoms with Crippen molar-refractivity contribution in [3.8, 4) is 17.0 Å². The molecule has 0 aliphatic carbocycles. The molecule has 0 spiro atoms. The average Bonchev–Trinajstić information content (AvgIpc) is 3.09. The molecule has 0 saturated heterocycles. The van der Waals surface area contributed by atoms with E-state index in [0.717, 1.165) is 11.3 Å². The van der Waals surface area contributed by atoms with Crippen LogP contribution in [0.1, 0.15) is 0 Å². The molecule has 3 rings (SSSR count). The Morgan fingerprint density at radius 2 is 1.87 bits per heavy atom. The van der Waals surface area contributed by atoms with E-state index in [1.54, 1.807) is 36.5 Å².